The van der Waals surface area contributed by atoms with Gasteiger partial charge in [-0.1, -0.05) is 48.5 Å². The normalized spacial score (nSPS) is 20.8. The van der Waals surface area contributed by atoms with Gasteiger partial charge in [-0.3, -0.25) is 14.4 Å². The first-order chi connectivity index (χ1) is 18.8. The number of nitrogens with zero attached hydrogens (tertiary/aromatic N) is 2. The van der Waals surface area contributed by atoms with E-state index in [2.05, 4.69) is 0 Å². The van der Waals surface area contributed by atoms with Gasteiger partial charge in [-0.2, -0.15) is 8.42 Å². The largest absolute Gasteiger partial charge is 0.379 e. The van der Waals surface area contributed by atoms with Gasteiger partial charge in [0.05, 0.1) is 17.4 Å². The number of imide groups is 1. The van der Waals surface area contributed by atoms with Crippen LogP contribution in [0.1, 0.15) is 11.6 Å². The van der Waals surface area contributed by atoms with Crippen molar-refractivity contribution in [3.05, 3.63) is 121 Å². The molecule has 0 aromatic heterocycles. The number of carbonyl (C=O) groups excluding carboxylic acids is 2. The minimum absolute atomic E-state index is 0.0207. The number of amides is 2. The first kappa shape index (κ1) is 24.8. The van der Waals surface area contributed by atoms with E-state index >= 15 is 0 Å². The maximum atomic E-state index is 13.7. The fraction of sp³-hybridized carbons (Fsp3) is 0.103. The second-order valence-electron chi connectivity index (χ2n) is 9.07. The van der Waals surface area contributed by atoms with Gasteiger partial charge in [0.25, 0.3) is 5.91 Å². The van der Waals surface area contributed by atoms with Crippen LogP contribution < -0.4 is 14.1 Å². The number of anilines is 2. The Labute approximate surface area is 223 Å². The lowest BCUT2D eigenvalue weighted by Gasteiger charge is -2.28. The lowest BCUT2D eigenvalue weighted by molar-refractivity contribution is -0.126. The van der Waals surface area contributed by atoms with Crippen LogP contribution in [0.2, 0.25) is 0 Å². The number of carbonyl (C=O) groups is 2. The van der Waals surface area contributed by atoms with Crippen LogP contribution in [0.5, 0.6) is 5.75 Å². The standard InChI is InChI=1S/C29H21FN2O6S/c30-20-13-15-21(16-14-20)31-28(33)25-26(32(37-27(25)29(31)34)22-7-3-1-4-8-22)19-11-17-23(18-12-19)38-39(35,36)24-9-5-2-6-10-24/h1-18,25-27H/t25-,26-,27-/m1/s1. The van der Waals surface area contributed by atoms with E-state index in [1.54, 1.807) is 42.5 Å². The third kappa shape index (κ3) is 4.43. The molecule has 10 heteroatoms. The predicted molar refractivity (Wildman–Crippen MR) is 140 cm³/mol. The molecule has 39 heavy (non-hydrogen) atoms. The minimum atomic E-state index is -4.04. The van der Waals surface area contributed by atoms with Crippen molar-refractivity contribution in [1.82, 2.24) is 0 Å². The molecule has 3 atom stereocenters. The Bertz CT molecular complexity index is 1630. The predicted octanol–water partition coefficient (Wildman–Crippen LogP) is 4.64. The van der Waals surface area contributed by atoms with Crippen molar-refractivity contribution >= 4 is 33.3 Å². The van der Waals surface area contributed by atoms with Crippen molar-refractivity contribution in [1.29, 1.82) is 0 Å². The van der Waals surface area contributed by atoms with E-state index in [0.29, 0.717) is 11.3 Å². The highest BCUT2D eigenvalue weighted by Crippen LogP contribution is 2.47. The summed E-state index contributed by atoms with van der Waals surface area (Å²) in [5.74, 6) is -2.33. The topological polar surface area (TPSA) is 93.2 Å². The zero-order valence-electron chi connectivity index (χ0n) is 20.3. The molecule has 0 N–H and O–H groups in total. The lowest BCUT2D eigenvalue weighted by Crippen LogP contribution is -2.37. The lowest BCUT2D eigenvalue weighted by atomic mass is 9.90. The molecular weight excluding hydrogens is 523 g/mol. The van der Waals surface area contributed by atoms with Crippen molar-refractivity contribution in [2.45, 2.75) is 17.0 Å². The van der Waals surface area contributed by atoms with Gasteiger partial charge in [0.2, 0.25) is 5.91 Å². The van der Waals surface area contributed by atoms with Crippen LogP contribution in [-0.4, -0.2) is 26.3 Å². The molecule has 0 radical (unpaired) electrons. The molecular formula is C29H21FN2O6S. The number of benzene rings is 4. The fourth-order valence-corrected chi connectivity index (χ4v) is 5.83. The summed E-state index contributed by atoms with van der Waals surface area (Å²) >= 11 is 0. The van der Waals surface area contributed by atoms with Gasteiger partial charge in [-0.15, -0.1) is 0 Å². The van der Waals surface area contributed by atoms with E-state index < -0.39 is 45.8 Å². The molecule has 2 aliphatic rings. The molecule has 2 heterocycles. The average molecular weight is 545 g/mol. The van der Waals surface area contributed by atoms with E-state index in [9.17, 15) is 22.4 Å². The number of rotatable bonds is 6. The number of para-hydroxylation sites is 1. The molecule has 0 unspecified atom stereocenters. The maximum absolute atomic E-state index is 13.7. The molecule has 2 aliphatic heterocycles. The number of fused-ring (bicyclic) bond motifs is 1. The van der Waals surface area contributed by atoms with E-state index in [1.807, 2.05) is 18.2 Å². The van der Waals surface area contributed by atoms with Gasteiger partial charge < -0.3 is 4.18 Å². The third-order valence-corrected chi connectivity index (χ3v) is 7.93. The summed E-state index contributed by atoms with van der Waals surface area (Å²) in [5.41, 5.74) is 1.50. The summed E-state index contributed by atoms with van der Waals surface area (Å²) in [6, 6.07) is 27.5. The number of halogens is 1. The summed E-state index contributed by atoms with van der Waals surface area (Å²) < 4.78 is 44.1. The summed E-state index contributed by atoms with van der Waals surface area (Å²) in [6.45, 7) is 0. The molecule has 0 aliphatic carbocycles. The molecule has 196 valence electrons. The average Bonchev–Trinajstić information content (AvgIpc) is 3.46. The van der Waals surface area contributed by atoms with Gasteiger partial charge in [0.1, 0.15) is 22.4 Å². The summed E-state index contributed by atoms with van der Waals surface area (Å²) in [7, 11) is -4.04. The summed E-state index contributed by atoms with van der Waals surface area (Å²) in [6.07, 6.45) is -1.10. The second kappa shape index (κ2) is 9.64. The Morgan fingerprint density at radius 1 is 0.718 bits per heavy atom. The first-order valence-electron chi connectivity index (χ1n) is 12.1. The third-order valence-electron chi connectivity index (χ3n) is 6.67. The minimum Gasteiger partial charge on any atom is -0.379 e. The van der Waals surface area contributed by atoms with E-state index in [1.165, 1.54) is 53.6 Å². The maximum Gasteiger partial charge on any atom is 0.339 e. The smallest absolute Gasteiger partial charge is 0.339 e. The Morgan fingerprint density at radius 3 is 1.97 bits per heavy atom. The van der Waals surface area contributed by atoms with Crippen LogP contribution in [0.3, 0.4) is 0 Å². The monoisotopic (exact) mass is 544 g/mol. The van der Waals surface area contributed by atoms with Crippen LogP contribution in [0.4, 0.5) is 15.8 Å². The zero-order valence-corrected chi connectivity index (χ0v) is 21.1. The molecule has 2 fully saturated rings. The Balaban J connectivity index is 1.34. The molecule has 0 spiro atoms. The van der Waals surface area contributed by atoms with E-state index in [4.69, 9.17) is 9.02 Å². The number of hydroxylamine groups is 1. The SMILES string of the molecule is O=C1[C@@H]2[C@@H](c3ccc(OS(=O)(=O)c4ccccc4)cc3)N(c3ccccc3)O[C@H]2C(=O)N1c1ccc(F)cc1. The molecule has 2 saturated heterocycles. The van der Waals surface area contributed by atoms with E-state index in [-0.39, 0.29) is 16.3 Å². The highest BCUT2D eigenvalue weighted by Gasteiger charge is 2.60. The molecule has 2 amide bonds. The van der Waals surface area contributed by atoms with Crippen molar-refractivity contribution < 1.29 is 31.4 Å². The molecule has 6 rings (SSSR count). The molecule has 4 aromatic rings. The van der Waals surface area contributed by atoms with Crippen LogP contribution in [-0.2, 0) is 24.5 Å². The zero-order chi connectivity index (χ0) is 27.1. The van der Waals surface area contributed by atoms with E-state index in [0.717, 1.165) is 4.90 Å². The van der Waals surface area contributed by atoms with Crippen LogP contribution in [0.25, 0.3) is 0 Å². The quantitative estimate of drug-likeness (QED) is 0.258. The van der Waals surface area contributed by atoms with Gasteiger partial charge in [0.15, 0.2) is 6.10 Å². The van der Waals surface area contributed by atoms with Gasteiger partial charge in [-0.25, -0.2) is 14.4 Å². The molecule has 4 aromatic carbocycles. The number of hydrogen-bond donors (Lipinski definition) is 0. The second-order valence-corrected chi connectivity index (χ2v) is 10.6. The van der Waals surface area contributed by atoms with Crippen molar-refractivity contribution in [3.8, 4) is 5.75 Å². The van der Waals surface area contributed by atoms with Crippen LogP contribution in [0.15, 0.2) is 114 Å². The Hall–Kier alpha value is -4.54. The van der Waals surface area contributed by atoms with Gasteiger partial charge >= 0.3 is 10.1 Å². The Morgan fingerprint density at radius 2 is 1.33 bits per heavy atom. The molecule has 0 saturated carbocycles. The highest BCUT2D eigenvalue weighted by atomic mass is 32.2. The molecule has 0 bridgehead atoms. The van der Waals surface area contributed by atoms with Crippen LogP contribution in [0, 0.1) is 11.7 Å². The first-order valence-corrected chi connectivity index (χ1v) is 13.5. The fourth-order valence-electron chi connectivity index (χ4n) is 4.88. The highest BCUT2D eigenvalue weighted by molar-refractivity contribution is 7.87. The van der Waals surface area contributed by atoms with Crippen molar-refractivity contribution in [3.63, 3.8) is 0 Å². The molecule has 8 nitrogen and oxygen atoms in total. The van der Waals surface area contributed by atoms with Crippen molar-refractivity contribution in [2.75, 3.05) is 9.96 Å². The van der Waals surface area contributed by atoms with Crippen molar-refractivity contribution in [2.24, 2.45) is 5.92 Å². The van der Waals surface area contributed by atoms with Crippen LogP contribution >= 0.6 is 0 Å². The van der Waals surface area contributed by atoms with Gasteiger partial charge in [0, 0.05) is 0 Å². The number of hydrogen-bond acceptors (Lipinski definition) is 7. The summed E-state index contributed by atoms with van der Waals surface area (Å²) in [4.78, 5) is 34.1. The summed E-state index contributed by atoms with van der Waals surface area (Å²) in [5, 5.41) is 1.53. The Kier molecular flexibility index (Phi) is 6.13. The van der Waals surface area contributed by atoms with Gasteiger partial charge in [-0.05, 0) is 66.2 Å².